The van der Waals surface area contributed by atoms with Gasteiger partial charge in [0.15, 0.2) is 9.84 Å². The molecule has 104 valence electrons. The summed E-state index contributed by atoms with van der Waals surface area (Å²) in [5.74, 6) is 0.252. The lowest BCUT2D eigenvalue weighted by Crippen LogP contribution is -2.43. The second-order valence-corrected chi connectivity index (χ2v) is 7.32. The summed E-state index contributed by atoms with van der Waals surface area (Å²) in [6, 6.07) is 8.13. The monoisotopic (exact) mass is 281 g/mol. The molecule has 0 N–H and O–H groups in total. The molecule has 1 aliphatic heterocycles. The normalized spacial score (nSPS) is 18.3. The third kappa shape index (κ3) is 4.06. The summed E-state index contributed by atoms with van der Waals surface area (Å²) in [4.78, 5) is 13.6. The predicted octanol–water partition coefficient (Wildman–Crippen LogP) is 1.18. The van der Waals surface area contributed by atoms with Gasteiger partial charge in [-0.3, -0.25) is 4.79 Å². The van der Waals surface area contributed by atoms with Gasteiger partial charge in [0.25, 0.3) is 0 Å². The molecule has 4 nitrogen and oxygen atoms in total. The van der Waals surface area contributed by atoms with Crippen LogP contribution in [0.1, 0.15) is 17.5 Å². The molecule has 0 atom stereocenters. The first-order valence-electron chi connectivity index (χ1n) is 6.50. The topological polar surface area (TPSA) is 54.5 Å². The molecule has 0 unspecified atom stereocenters. The molecule has 0 spiro atoms. The number of hydrogen-bond donors (Lipinski definition) is 0. The fourth-order valence-electron chi connectivity index (χ4n) is 2.13. The smallest absolute Gasteiger partial charge is 0.222 e. The second kappa shape index (κ2) is 5.74. The van der Waals surface area contributed by atoms with E-state index in [9.17, 15) is 13.2 Å². The van der Waals surface area contributed by atoms with Crippen molar-refractivity contribution in [1.29, 1.82) is 0 Å². The first-order chi connectivity index (χ1) is 8.96. The van der Waals surface area contributed by atoms with Crippen molar-refractivity contribution in [1.82, 2.24) is 4.90 Å². The van der Waals surface area contributed by atoms with Gasteiger partial charge in [-0.2, -0.15) is 0 Å². The van der Waals surface area contributed by atoms with Crippen LogP contribution in [-0.2, 0) is 21.1 Å². The molecule has 1 amide bonds. The molecule has 1 aromatic rings. The minimum absolute atomic E-state index is 0.0514. The maximum Gasteiger partial charge on any atom is 0.222 e. The van der Waals surface area contributed by atoms with Gasteiger partial charge in [0, 0.05) is 19.5 Å². The Bertz CT molecular complexity index is 535. The first kappa shape index (κ1) is 14.1. The molecule has 0 saturated carbocycles. The molecule has 1 fully saturated rings. The largest absolute Gasteiger partial charge is 0.341 e. The molecule has 0 aliphatic carbocycles. The molecule has 2 rings (SSSR count). The van der Waals surface area contributed by atoms with Crippen molar-refractivity contribution >= 4 is 15.7 Å². The maximum atomic E-state index is 12.0. The lowest BCUT2D eigenvalue weighted by Gasteiger charge is -2.26. The molecule has 1 aliphatic rings. The summed E-state index contributed by atoms with van der Waals surface area (Å²) in [5.41, 5.74) is 2.35. The minimum atomic E-state index is -2.91. The number of benzene rings is 1. The number of rotatable bonds is 3. The highest BCUT2D eigenvalue weighted by molar-refractivity contribution is 7.91. The van der Waals surface area contributed by atoms with E-state index in [0.29, 0.717) is 25.9 Å². The summed E-state index contributed by atoms with van der Waals surface area (Å²) in [7, 11) is -2.91. The number of carbonyl (C=O) groups is 1. The Morgan fingerprint density at radius 2 is 1.74 bits per heavy atom. The van der Waals surface area contributed by atoms with E-state index in [1.165, 1.54) is 5.56 Å². The van der Waals surface area contributed by atoms with Gasteiger partial charge in [-0.05, 0) is 18.9 Å². The van der Waals surface area contributed by atoms with Crippen LogP contribution in [0.5, 0.6) is 0 Å². The number of sulfone groups is 1. The summed E-state index contributed by atoms with van der Waals surface area (Å²) >= 11 is 0. The summed E-state index contributed by atoms with van der Waals surface area (Å²) in [6.07, 6.45) is 1.16. The average Bonchev–Trinajstić information content (AvgIpc) is 2.37. The standard InChI is InChI=1S/C14H19NO3S/c1-12-2-4-13(5-3-12)6-7-14(16)15-8-10-19(17,18)11-9-15/h2-5H,6-11H2,1H3. The fraction of sp³-hybridized carbons (Fsp3) is 0.500. The second-order valence-electron chi connectivity index (χ2n) is 5.02. The minimum Gasteiger partial charge on any atom is -0.341 e. The Morgan fingerprint density at radius 3 is 2.32 bits per heavy atom. The molecule has 1 saturated heterocycles. The Balaban J connectivity index is 1.83. The summed E-state index contributed by atoms with van der Waals surface area (Å²) < 4.78 is 22.6. The van der Waals surface area contributed by atoms with Crippen molar-refractivity contribution in [3.05, 3.63) is 35.4 Å². The zero-order chi connectivity index (χ0) is 13.9. The Morgan fingerprint density at radius 1 is 1.16 bits per heavy atom. The SMILES string of the molecule is Cc1ccc(CCC(=O)N2CCS(=O)(=O)CC2)cc1. The molecular formula is C14H19NO3S. The van der Waals surface area contributed by atoms with Crippen molar-refractivity contribution in [2.75, 3.05) is 24.6 Å². The van der Waals surface area contributed by atoms with Crippen molar-refractivity contribution in [3.63, 3.8) is 0 Å². The number of nitrogens with zero attached hydrogens (tertiary/aromatic N) is 1. The number of carbonyl (C=O) groups excluding carboxylic acids is 1. The zero-order valence-corrected chi connectivity index (χ0v) is 11.9. The van der Waals surface area contributed by atoms with Gasteiger partial charge >= 0.3 is 0 Å². The lowest BCUT2D eigenvalue weighted by molar-refractivity contribution is -0.130. The summed E-state index contributed by atoms with van der Waals surface area (Å²) in [5, 5.41) is 0. The zero-order valence-electron chi connectivity index (χ0n) is 11.1. The van der Waals surface area contributed by atoms with E-state index < -0.39 is 9.84 Å². The van der Waals surface area contributed by atoms with Gasteiger partial charge in [0.05, 0.1) is 11.5 Å². The van der Waals surface area contributed by atoms with Crippen molar-refractivity contribution in [2.45, 2.75) is 19.8 Å². The van der Waals surface area contributed by atoms with Gasteiger partial charge in [-0.15, -0.1) is 0 Å². The van der Waals surface area contributed by atoms with Crippen LogP contribution in [0.25, 0.3) is 0 Å². The van der Waals surface area contributed by atoms with E-state index in [2.05, 4.69) is 0 Å². The Kier molecular flexibility index (Phi) is 4.24. The van der Waals surface area contributed by atoms with E-state index in [4.69, 9.17) is 0 Å². The van der Waals surface area contributed by atoms with E-state index in [1.807, 2.05) is 31.2 Å². The van der Waals surface area contributed by atoms with E-state index in [1.54, 1.807) is 4.90 Å². The van der Waals surface area contributed by atoms with Crippen LogP contribution in [0, 0.1) is 6.92 Å². The highest BCUT2D eigenvalue weighted by Gasteiger charge is 2.24. The first-order valence-corrected chi connectivity index (χ1v) is 8.32. The molecule has 1 heterocycles. The highest BCUT2D eigenvalue weighted by atomic mass is 32.2. The van der Waals surface area contributed by atoms with E-state index in [-0.39, 0.29) is 17.4 Å². The van der Waals surface area contributed by atoms with Crippen LogP contribution >= 0.6 is 0 Å². The Labute approximate surface area is 114 Å². The predicted molar refractivity (Wildman–Crippen MR) is 74.7 cm³/mol. The van der Waals surface area contributed by atoms with E-state index in [0.717, 1.165) is 5.56 Å². The Hall–Kier alpha value is -1.36. The van der Waals surface area contributed by atoms with Crippen LogP contribution in [0.2, 0.25) is 0 Å². The van der Waals surface area contributed by atoms with Gasteiger partial charge in [0.2, 0.25) is 5.91 Å². The van der Waals surface area contributed by atoms with Crippen LogP contribution in [0.3, 0.4) is 0 Å². The van der Waals surface area contributed by atoms with Crippen molar-refractivity contribution in [2.24, 2.45) is 0 Å². The number of amides is 1. The molecule has 0 aromatic heterocycles. The third-order valence-corrected chi connectivity index (χ3v) is 5.05. The fourth-order valence-corrected chi connectivity index (χ4v) is 3.33. The highest BCUT2D eigenvalue weighted by Crippen LogP contribution is 2.09. The van der Waals surface area contributed by atoms with Crippen LogP contribution in [0.15, 0.2) is 24.3 Å². The summed E-state index contributed by atoms with van der Waals surface area (Å²) in [6.45, 7) is 2.72. The van der Waals surface area contributed by atoms with E-state index >= 15 is 0 Å². The van der Waals surface area contributed by atoms with Gasteiger partial charge in [-0.25, -0.2) is 8.42 Å². The molecule has 0 radical (unpaired) electrons. The van der Waals surface area contributed by atoms with Crippen LogP contribution in [-0.4, -0.2) is 43.8 Å². The number of hydrogen-bond acceptors (Lipinski definition) is 3. The third-order valence-electron chi connectivity index (χ3n) is 3.45. The van der Waals surface area contributed by atoms with Gasteiger partial charge in [0.1, 0.15) is 0 Å². The van der Waals surface area contributed by atoms with Gasteiger partial charge in [-0.1, -0.05) is 29.8 Å². The van der Waals surface area contributed by atoms with Crippen LogP contribution < -0.4 is 0 Å². The van der Waals surface area contributed by atoms with Crippen molar-refractivity contribution in [3.8, 4) is 0 Å². The molecule has 5 heteroatoms. The van der Waals surface area contributed by atoms with Crippen molar-refractivity contribution < 1.29 is 13.2 Å². The van der Waals surface area contributed by atoms with Crippen LogP contribution in [0.4, 0.5) is 0 Å². The molecule has 1 aromatic carbocycles. The molecular weight excluding hydrogens is 262 g/mol. The number of aryl methyl sites for hydroxylation is 2. The lowest BCUT2D eigenvalue weighted by atomic mass is 10.1. The van der Waals surface area contributed by atoms with Gasteiger partial charge < -0.3 is 4.90 Å². The average molecular weight is 281 g/mol. The molecule has 19 heavy (non-hydrogen) atoms. The maximum absolute atomic E-state index is 12.0. The molecule has 0 bridgehead atoms. The quantitative estimate of drug-likeness (QED) is 0.836.